The van der Waals surface area contributed by atoms with E-state index < -0.39 is 154 Å². The molecule has 3 aliphatic heterocycles. The van der Waals surface area contributed by atoms with Crippen LogP contribution in [0.1, 0.15) is 106 Å². The smallest absolute Gasteiger partial charge is 0.330 e. The summed E-state index contributed by atoms with van der Waals surface area (Å²) >= 11 is 0. The Balaban J connectivity index is 0.0000258. The van der Waals surface area contributed by atoms with Crippen molar-refractivity contribution < 1.29 is 127 Å². The maximum Gasteiger partial charge on any atom is 0.330 e. The third-order valence-electron chi connectivity index (χ3n) is 14.7. The Morgan fingerprint density at radius 2 is 0.759 bits per heavy atom. The number of nitrogens with one attached hydrogen (secondary N) is 5. The topological polar surface area (TPSA) is 457 Å². The molecule has 0 aromatic rings. The largest absolute Gasteiger partial charge is 0.394 e. The van der Waals surface area contributed by atoms with Crippen LogP contribution < -0.4 is 26.6 Å². The first-order valence-electron chi connectivity index (χ1n) is 29.7. The van der Waals surface area contributed by atoms with Crippen molar-refractivity contribution in [3.05, 3.63) is 0 Å². The molecule has 0 aromatic heterocycles. The van der Waals surface area contributed by atoms with Gasteiger partial charge >= 0.3 is 7.60 Å². The molecule has 0 spiro atoms. The van der Waals surface area contributed by atoms with Crippen LogP contribution in [0.15, 0.2) is 0 Å². The van der Waals surface area contributed by atoms with Gasteiger partial charge in [0.1, 0.15) is 42.2 Å². The van der Waals surface area contributed by atoms with Crippen LogP contribution in [0.25, 0.3) is 0 Å². The van der Waals surface area contributed by atoms with Crippen molar-refractivity contribution in [2.24, 2.45) is 17.8 Å². The Hall–Kier alpha value is -3.22. The molecule has 5 amide bonds. The zero-order chi connectivity index (χ0) is 63.8. The van der Waals surface area contributed by atoms with E-state index in [1.807, 2.05) is 0 Å². The van der Waals surface area contributed by atoms with E-state index >= 15 is 0 Å². The van der Waals surface area contributed by atoms with E-state index in [9.17, 15) is 79.4 Å². The Morgan fingerprint density at radius 1 is 0.460 bits per heavy atom. The molecule has 510 valence electrons. The number of hydrogen-bond donors (Lipinski definition) is 15. The maximum absolute atomic E-state index is 13.7. The molecule has 0 aromatic carbocycles. The van der Waals surface area contributed by atoms with Gasteiger partial charge in [-0.25, -0.2) is 0 Å². The average molecular weight is 1280 g/mol. The molecule has 3 fully saturated rings. The van der Waals surface area contributed by atoms with Gasteiger partial charge in [0.05, 0.1) is 110 Å². The normalized spacial score (nSPS) is 28.8. The van der Waals surface area contributed by atoms with Gasteiger partial charge in [-0.3, -0.25) is 28.5 Å². The molecule has 87 heavy (non-hydrogen) atoms. The van der Waals surface area contributed by atoms with E-state index in [4.69, 9.17) is 47.2 Å². The van der Waals surface area contributed by atoms with Crippen molar-refractivity contribution in [1.29, 1.82) is 0 Å². The van der Waals surface area contributed by atoms with Crippen LogP contribution in [0.4, 0.5) is 0 Å². The van der Waals surface area contributed by atoms with Gasteiger partial charge in [-0.15, -0.1) is 0 Å². The molecule has 3 heterocycles. The predicted octanol–water partition coefficient (Wildman–Crippen LogP) is -3.22. The minimum Gasteiger partial charge on any atom is -0.394 e. The Kier molecular flexibility index (Phi) is 39.3. The molecule has 15 N–H and O–H groups in total. The van der Waals surface area contributed by atoms with Gasteiger partial charge in [-0.1, -0.05) is 42.0 Å². The molecular weight excluding hydrogens is 1180 g/mol. The van der Waals surface area contributed by atoms with Crippen LogP contribution in [0.2, 0.25) is 0 Å². The number of carbonyl (C=O) groups is 5. The Morgan fingerprint density at radius 3 is 1.07 bits per heavy atom. The fourth-order valence-electron chi connectivity index (χ4n) is 9.03. The van der Waals surface area contributed by atoms with E-state index in [2.05, 4.69) is 26.6 Å². The quantitative estimate of drug-likeness (QED) is 0.0211. The van der Waals surface area contributed by atoms with E-state index in [1.165, 1.54) is 0 Å². The fourth-order valence-corrected chi connectivity index (χ4v) is 9.72. The molecule has 0 saturated carbocycles. The lowest BCUT2D eigenvalue weighted by atomic mass is 9.92. The van der Waals surface area contributed by atoms with Gasteiger partial charge in [-0.2, -0.15) is 0 Å². The SMILES string of the molecule is C.CC1[C@H](OCCCNC(=O)CCOCC(COCCC(=O)NCCCO[C@@H]2OC(CO)[C@H](O)[C@H](O)C2C)(COCCC(=O)NCCCO[C@@H]2OC(CO)[C@H](O)[C@H](O)C2C)NC(=O)CCCC(=O)NCCCOP(=O)(O)C(C)C)OC(CO)[C@H](O)[C@@H]1O. The highest BCUT2D eigenvalue weighted by Gasteiger charge is 2.45. The minimum atomic E-state index is -3.77. The van der Waals surface area contributed by atoms with Crippen LogP contribution in [-0.4, -0.2) is 277 Å². The van der Waals surface area contributed by atoms with Gasteiger partial charge in [0.15, 0.2) is 18.9 Å². The highest BCUT2D eigenvalue weighted by atomic mass is 31.2. The zero-order valence-corrected chi connectivity index (χ0v) is 51.2. The van der Waals surface area contributed by atoms with Crippen LogP contribution in [-0.2, 0) is 75.7 Å². The number of ether oxygens (including phenoxy) is 9. The monoisotopic (exact) mass is 1280 g/mol. The van der Waals surface area contributed by atoms with Gasteiger partial charge in [0.2, 0.25) is 29.5 Å². The number of hydrogen-bond acceptors (Lipinski definition) is 25. The molecular formula is C55H104N5O26P. The molecule has 0 aliphatic carbocycles. The van der Waals surface area contributed by atoms with Gasteiger partial charge in [0.25, 0.3) is 0 Å². The highest BCUT2D eigenvalue weighted by Crippen LogP contribution is 2.47. The van der Waals surface area contributed by atoms with Crippen molar-refractivity contribution in [2.45, 2.75) is 191 Å². The summed E-state index contributed by atoms with van der Waals surface area (Å²) in [7, 11) is -3.77. The van der Waals surface area contributed by atoms with Crippen molar-refractivity contribution in [1.82, 2.24) is 26.6 Å². The maximum atomic E-state index is 13.7. The molecule has 31 nitrogen and oxygen atoms in total. The van der Waals surface area contributed by atoms with E-state index in [0.717, 1.165) is 0 Å². The summed E-state index contributed by atoms with van der Waals surface area (Å²) in [5.41, 5.74) is -2.09. The van der Waals surface area contributed by atoms with Crippen LogP contribution >= 0.6 is 7.60 Å². The predicted molar refractivity (Wildman–Crippen MR) is 308 cm³/mol. The standard InChI is InChI=1S/C54H100N5O26P.CH4/c1-33(2)86(74,75)82-23-10-19-55-40(63)11-6-12-44(67)59-54(30-76-24-13-41(64)56-16-7-20-79-51-34(3)45(68)48(71)37(27-60)83-51,31-77-25-14-42(65)57-17-8-21-80-52-35(4)46(69)49(72)38(28-61)84-52)32-78-26-15-43(66)58-18-9-22-81-53-36(5)47(70)50(73)39(29-62)85-53;/h33-39,45-53,60-62,68-73H,6-32H2,1-5H3,(H,55,63)(H,56,64)(H,57,65)(H,58,66)(H,59,67)(H,74,75);1H4/t34?,35?,36?,37?,38?,39?,45-,46-,47-,48+,49+,50+,51-,52-,53-,54?;/m1./s1. The number of aliphatic hydroxyl groups is 9. The number of aliphatic hydroxyl groups excluding tert-OH is 9. The van der Waals surface area contributed by atoms with Crippen molar-refractivity contribution in [3.63, 3.8) is 0 Å². The zero-order valence-electron chi connectivity index (χ0n) is 50.3. The molecule has 7 unspecified atom stereocenters. The van der Waals surface area contributed by atoms with Crippen molar-refractivity contribution in [2.75, 3.05) is 112 Å². The van der Waals surface area contributed by atoms with Crippen molar-refractivity contribution in [3.8, 4) is 0 Å². The lowest BCUT2D eigenvalue weighted by molar-refractivity contribution is -0.282. The van der Waals surface area contributed by atoms with Gasteiger partial charge in [-0.05, 0) is 32.1 Å². The number of carbonyl (C=O) groups excluding carboxylic acids is 5. The highest BCUT2D eigenvalue weighted by molar-refractivity contribution is 7.53. The minimum absolute atomic E-state index is 0. The molecule has 16 atom stereocenters. The second-order valence-corrected chi connectivity index (χ2v) is 24.6. The summed E-state index contributed by atoms with van der Waals surface area (Å²) in [5, 5.41) is 104. The summed E-state index contributed by atoms with van der Waals surface area (Å²) in [6.45, 7) is 6.07. The third-order valence-corrected chi connectivity index (χ3v) is 16.5. The van der Waals surface area contributed by atoms with Gasteiger partial charge in [0, 0.05) is 76.0 Å². The lowest BCUT2D eigenvalue weighted by Crippen LogP contribution is -2.58. The van der Waals surface area contributed by atoms with E-state index in [0.29, 0.717) is 19.3 Å². The summed E-state index contributed by atoms with van der Waals surface area (Å²) < 4.78 is 69.0. The fraction of sp³-hybridized carbons (Fsp3) is 0.909. The molecule has 32 heteroatoms. The first kappa shape index (κ1) is 79.9. The molecule has 0 bridgehead atoms. The lowest BCUT2D eigenvalue weighted by Gasteiger charge is -2.40. The van der Waals surface area contributed by atoms with Gasteiger partial charge < -0.3 is 125 Å². The van der Waals surface area contributed by atoms with Crippen molar-refractivity contribution >= 4 is 37.1 Å². The summed E-state index contributed by atoms with van der Waals surface area (Å²) in [5.74, 6) is -3.89. The van der Waals surface area contributed by atoms with Crippen LogP contribution in [0, 0.1) is 17.8 Å². The summed E-state index contributed by atoms with van der Waals surface area (Å²) in [4.78, 5) is 75.0. The second-order valence-electron chi connectivity index (χ2n) is 22.2. The van der Waals surface area contributed by atoms with E-state index in [-0.39, 0.29) is 151 Å². The number of amides is 5. The van der Waals surface area contributed by atoms with E-state index in [1.54, 1.807) is 34.6 Å². The molecule has 0 radical (unpaired) electrons. The second kappa shape index (κ2) is 42.8. The third kappa shape index (κ3) is 28.9. The summed E-state index contributed by atoms with van der Waals surface area (Å²) in [6, 6.07) is 0. The first-order valence-corrected chi connectivity index (χ1v) is 31.4. The average Bonchev–Trinajstić information content (AvgIpc) is 3.66. The molecule has 3 rings (SSSR count). The first-order chi connectivity index (χ1) is 40.9. The Bertz CT molecular complexity index is 1840. The molecule has 3 saturated heterocycles. The van der Waals surface area contributed by atoms with Crippen LogP contribution in [0.3, 0.4) is 0 Å². The summed E-state index contributed by atoms with van der Waals surface area (Å²) in [6.07, 6.45) is -12.4. The van der Waals surface area contributed by atoms with Crippen LogP contribution in [0.5, 0.6) is 0 Å². The number of rotatable bonds is 44. The Labute approximate surface area is 510 Å². The molecule has 3 aliphatic rings.